The van der Waals surface area contributed by atoms with E-state index in [-0.39, 0.29) is 0 Å². The highest BCUT2D eigenvalue weighted by Gasteiger charge is 2.09. The van der Waals surface area contributed by atoms with Gasteiger partial charge in [-0.2, -0.15) is 0 Å². The summed E-state index contributed by atoms with van der Waals surface area (Å²) in [5.41, 5.74) is 0.977. The van der Waals surface area contributed by atoms with Crippen molar-refractivity contribution in [1.29, 1.82) is 0 Å². The number of nitrogens with one attached hydrogen (secondary N) is 1. The molecule has 0 fully saturated rings. The predicted octanol–water partition coefficient (Wildman–Crippen LogP) is 2.71. The Bertz CT molecular complexity index is 271. The van der Waals surface area contributed by atoms with Crippen molar-refractivity contribution in [3.8, 4) is 0 Å². The highest BCUT2D eigenvalue weighted by atomic mass is 35.5. The lowest BCUT2D eigenvalue weighted by Crippen LogP contribution is -2.06. The summed E-state index contributed by atoms with van der Waals surface area (Å²) in [5.74, 6) is 0.643. The van der Waals surface area contributed by atoms with Crippen LogP contribution < -0.4 is 5.32 Å². The SMILES string of the molecule is CNCc1nc(CC(C)C)sc1Cl. The van der Waals surface area contributed by atoms with Gasteiger partial charge in [-0.05, 0) is 13.0 Å². The van der Waals surface area contributed by atoms with Crippen molar-refractivity contribution in [2.24, 2.45) is 5.92 Å². The average Bonchev–Trinajstić information content (AvgIpc) is 2.31. The summed E-state index contributed by atoms with van der Waals surface area (Å²) in [7, 11) is 1.90. The van der Waals surface area contributed by atoms with Crippen molar-refractivity contribution in [3.63, 3.8) is 0 Å². The maximum Gasteiger partial charge on any atom is 0.117 e. The zero-order chi connectivity index (χ0) is 9.84. The zero-order valence-electron chi connectivity index (χ0n) is 8.22. The molecule has 0 amide bonds. The van der Waals surface area contributed by atoms with Gasteiger partial charge in [-0.15, -0.1) is 11.3 Å². The summed E-state index contributed by atoms with van der Waals surface area (Å²) in [5, 5.41) is 4.19. The lowest BCUT2D eigenvalue weighted by molar-refractivity contribution is 0.641. The fourth-order valence-electron chi connectivity index (χ4n) is 1.09. The van der Waals surface area contributed by atoms with Crippen LogP contribution >= 0.6 is 22.9 Å². The molecule has 1 heterocycles. The quantitative estimate of drug-likeness (QED) is 0.841. The van der Waals surface area contributed by atoms with E-state index in [4.69, 9.17) is 11.6 Å². The molecule has 0 bridgehead atoms. The third-order valence-corrected chi connectivity index (χ3v) is 2.98. The highest BCUT2D eigenvalue weighted by molar-refractivity contribution is 7.16. The van der Waals surface area contributed by atoms with Crippen LogP contribution in [-0.4, -0.2) is 12.0 Å². The minimum atomic E-state index is 0.643. The van der Waals surface area contributed by atoms with Crippen molar-refractivity contribution in [2.75, 3.05) is 7.05 Å². The molecule has 0 atom stereocenters. The van der Waals surface area contributed by atoms with E-state index in [1.165, 1.54) is 0 Å². The minimum absolute atomic E-state index is 0.643. The lowest BCUT2D eigenvalue weighted by Gasteiger charge is -1.98. The molecule has 13 heavy (non-hydrogen) atoms. The van der Waals surface area contributed by atoms with E-state index < -0.39 is 0 Å². The fraction of sp³-hybridized carbons (Fsp3) is 0.667. The van der Waals surface area contributed by atoms with Gasteiger partial charge in [0, 0.05) is 13.0 Å². The Morgan fingerprint density at radius 3 is 2.77 bits per heavy atom. The Labute approximate surface area is 88.3 Å². The van der Waals surface area contributed by atoms with E-state index >= 15 is 0 Å². The summed E-state index contributed by atoms with van der Waals surface area (Å²) < 4.78 is 0.824. The van der Waals surface area contributed by atoms with Gasteiger partial charge in [0.15, 0.2) is 0 Å². The molecule has 1 rings (SSSR count). The molecule has 4 heteroatoms. The first-order valence-corrected chi connectivity index (χ1v) is 5.61. The molecule has 0 saturated heterocycles. The molecule has 74 valence electrons. The van der Waals surface area contributed by atoms with Gasteiger partial charge in [-0.3, -0.25) is 0 Å². The number of aromatic nitrogens is 1. The van der Waals surface area contributed by atoms with Crippen LogP contribution in [0.15, 0.2) is 0 Å². The van der Waals surface area contributed by atoms with Gasteiger partial charge in [0.2, 0.25) is 0 Å². The molecule has 0 unspecified atom stereocenters. The first-order chi connectivity index (χ1) is 6.13. The molecule has 0 spiro atoms. The summed E-state index contributed by atoms with van der Waals surface area (Å²) >= 11 is 7.62. The molecule has 0 aliphatic rings. The normalized spacial score (nSPS) is 11.2. The first-order valence-electron chi connectivity index (χ1n) is 4.42. The molecule has 0 aromatic carbocycles. The van der Waals surface area contributed by atoms with Gasteiger partial charge in [0.25, 0.3) is 0 Å². The first kappa shape index (κ1) is 11.0. The second-order valence-electron chi connectivity index (χ2n) is 3.46. The molecule has 1 aromatic rings. The molecular weight excluding hydrogens is 204 g/mol. The van der Waals surface area contributed by atoms with Crippen LogP contribution in [0, 0.1) is 5.92 Å². The topological polar surface area (TPSA) is 24.9 Å². The maximum absolute atomic E-state index is 6.02. The largest absolute Gasteiger partial charge is 0.314 e. The average molecular weight is 219 g/mol. The predicted molar refractivity (Wildman–Crippen MR) is 58.4 cm³/mol. The number of thiazole rings is 1. The Balaban J connectivity index is 2.70. The molecule has 2 nitrogen and oxygen atoms in total. The smallest absolute Gasteiger partial charge is 0.117 e. The summed E-state index contributed by atoms with van der Waals surface area (Å²) in [4.78, 5) is 4.46. The third-order valence-electron chi connectivity index (χ3n) is 1.62. The Hall–Kier alpha value is -0.120. The van der Waals surface area contributed by atoms with Crippen LogP contribution in [0.4, 0.5) is 0 Å². The standard InChI is InChI=1S/C9H15ClN2S/c1-6(2)4-8-12-7(5-11-3)9(10)13-8/h6,11H,4-5H2,1-3H3. The monoisotopic (exact) mass is 218 g/mol. The van der Waals surface area contributed by atoms with Gasteiger partial charge in [-0.1, -0.05) is 25.4 Å². The Morgan fingerprint density at radius 2 is 2.23 bits per heavy atom. The second kappa shape index (κ2) is 4.94. The van der Waals surface area contributed by atoms with Gasteiger partial charge >= 0.3 is 0 Å². The van der Waals surface area contributed by atoms with Crippen LogP contribution in [0.25, 0.3) is 0 Å². The summed E-state index contributed by atoms with van der Waals surface area (Å²) in [6, 6.07) is 0. The van der Waals surface area contributed by atoms with E-state index in [0.717, 1.165) is 28.0 Å². The molecular formula is C9H15ClN2S. The molecule has 1 aromatic heterocycles. The summed E-state index contributed by atoms with van der Waals surface area (Å²) in [6.07, 6.45) is 1.02. The fourth-order valence-corrected chi connectivity index (χ4v) is 2.48. The molecule has 0 radical (unpaired) electrons. The highest BCUT2D eigenvalue weighted by Crippen LogP contribution is 2.25. The van der Waals surface area contributed by atoms with Crippen LogP contribution in [-0.2, 0) is 13.0 Å². The second-order valence-corrected chi connectivity index (χ2v) is 5.14. The van der Waals surface area contributed by atoms with Gasteiger partial charge in [0.05, 0.1) is 10.7 Å². The van der Waals surface area contributed by atoms with Crippen molar-refractivity contribution >= 4 is 22.9 Å². The molecule has 0 aliphatic heterocycles. The van der Waals surface area contributed by atoms with Gasteiger partial charge < -0.3 is 5.32 Å². The van der Waals surface area contributed by atoms with Crippen LogP contribution in [0.2, 0.25) is 4.34 Å². The number of rotatable bonds is 4. The van der Waals surface area contributed by atoms with E-state index in [1.807, 2.05) is 7.05 Å². The minimum Gasteiger partial charge on any atom is -0.314 e. The van der Waals surface area contributed by atoms with E-state index in [2.05, 4.69) is 24.1 Å². The number of hydrogen-bond donors (Lipinski definition) is 1. The zero-order valence-corrected chi connectivity index (χ0v) is 9.80. The van der Waals surface area contributed by atoms with Crippen molar-refractivity contribution in [3.05, 3.63) is 15.0 Å². The number of hydrogen-bond acceptors (Lipinski definition) is 3. The number of halogens is 1. The van der Waals surface area contributed by atoms with Crippen molar-refractivity contribution in [2.45, 2.75) is 26.8 Å². The lowest BCUT2D eigenvalue weighted by atomic mass is 10.1. The van der Waals surface area contributed by atoms with E-state index in [1.54, 1.807) is 11.3 Å². The van der Waals surface area contributed by atoms with Crippen molar-refractivity contribution < 1.29 is 0 Å². The molecule has 1 N–H and O–H groups in total. The van der Waals surface area contributed by atoms with Gasteiger partial charge in [0.1, 0.15) is 4.34 Å². The molecule has 0 aliphatic carbocycles. The Kier molecular flexibility index (Phi) is 4.16. The summed E-state index contributed by atoms with van der Waals surface area (Å²) in [6.45, 7) is 5.13. The maximum atomic E-state index is 6.02. The van der Waals surface area contributed by atoms with Crippen molar-refractivity contribution in [1.82, 2.24) is 10.3 Å². The Morgan fingerprint density at radius 1 is 1.54 bits per heavy atom. The van der Waals surface area contributed by atoms with E-state index in [9.17, 15) is 0 Å². The van der Waals surface area contributed by atoms with Crippen LogP contribution in [0.1, 0.15) is 24.5 Å². The van der Waals surface area contributed by atoms with E-state index in [0.29, 0.717) is 5.92 Å². The third kappa shape index (κ3) is 3.25. The number of nitrogens with zero attached hydrogens (tertiary/aromatic N) is 1. The molecule has 0 saturated carbocycles. The van der Waals surface area contributed by atoms with Crippen LogP contribution in [0.5, 0.6) is 0 Å². The van der Waals surface area contributed by atoms with Gasteiger partial charge in [-0.25, -0.2) is 4.98 Å². The van der Waals surface area contributed by atoms with Crippen LogP contribution in [0.3, 0.4) is 0 Å².